The van der Waals surface area contributed by atoms with Crippen LogP contribution in [-0.4, -0.2) is 44.1 Å². The molecule has 1 fully saturated rings. The Labute approximate surface area is 174 Å². The van der Waals surface area contributed by atoms with Gasteiger partial charge in [0.05, 0.1) is 32.1 Å². The predicted octanol–water partition coefficient (Wildman–Crippen LogP) is 0.743. The summed E-state index contributed by atoms with van der Waals surface area (Å²) in [4.78, 5) is 13.2. The van der Waals surface area contributed by atoms with Gasteiger partial charge in [-0.25, -0.2) is 0 Å². The van der Waals surface area contributed by atoms with Crippen LogP contribution in [0.4, 0.5) is 0 Å². The van der Waals surface area contributed by atoms with Crippen molar-refractivity contribution in [1.82, 2.24) is 5.32 Å². The van der Waals surface area contributed by atoms with Crippen LogP contribution in [0.3, 0.4) is 0 Å². The van der Waals surface area contributed by atoms with E-state index in [2.05, 4.69) is 36.6 Å². The molecular weight excluding hydrogens is 400 g/mol. The summed E-state index contributed by atoms with van der Waals surface area (Å²) < 4.78 is 1.15. The highest BCUT2D eigenvalue weighted by Crippen LogP contribution is 2.37. The first-order chi connectivity index (χ1) is 12.6. The molecule has 0 aliphatic carbocycles. The van der Waals surface area contributed by atoms with Crippen LogP contribution in [0.25, 0.3) is 0 Å². The van der Waals surface area contributed by atoms with E-state index in [9.17, 15) is 4.79 Å². The SMILES string of the molecule is CNC(=O)C(CCC[N+]1(C)CCCC1)(c1ccccc1)c1ccccc1.[Br-]. The molecule has 1 aliphatic heterocycles. The molecule has 2 aromatic rings. The quantitative estimate of drug-likeness (QED) is 0.644. The van der Waals surface area contributed by atoms with Crippen LogP contribution in [0.5, 0.6) is 0 Å². The van der Waals surface area contributed by atoms with Crippen molar-refractivity contribution >= 4 is 5.91 Å². The molecule has 2 aromatic carbocycles. The molecule has 0 radical (unpaired) electrons. The molecular formula is C23H31BrN2O. The number of hydrogen-bond donors (Lipinski definition) is 1. The number of nitrogens with zero attached hydrogens (tertiary/aromatic N) is 1. The van der Waals surface area contributed by atoms with E-state index in [0.29, 0.717) is 0 Å². The molecule has 0 atom stereocenters. The first kappa shape index (κ1) is 21.6. The predicted molar refractivity (Wildman–Crippen MR) is 107 cm³/mol. The molecule has 3 nitrogen and oxygen atoms in total. The van der Waals surface area contributed by atoms with Crippen LogP contribution in [0.1, 0.15) is 36.8 Å². The third-order valence-electron chi connectivity index (χ3n) is 6.04. The number of hydrogen-bond acceptors (Lipinski definition) is 1. The van der Waals surface area contributed by atoms with E-state index in [-0.39, 0.29) is 22.9 Å². The first-order valence-electron chi connectivity index (χ1n) is 9.77. The Morgan fingerprint density at radius 3 is 1.89 bits per heavy atom. The number of amides is 1. The van der Waals surface area contributed by atoms with Gasteiger partial charge in [-0.05, 0) is 24.0 Å². The molecule has 27 heavy (non-hydrogen) atoms. The number of carbonyl (C=O) groups is 1. The monoisotopic (exact) mass is 430 g/mol. The summed E-state index contributed by atoms with van der Waals surface area (Å²) in [6.45, 7) is 3.67. The molecule has 1 amide bonds. The largest absolute Gasteiger partial charge is 1.00 e. The number of carbonyl (C=O) groups excluding carboxylic acids is 1. The Balaban J connectivity index is 0.00000261. The molecule has 0 aromatic heterocycles. The lowest BCUT2D eigenvalue weighted by atomic mass is 9.70. The Morgan fingerprint density at radius 2 is 1.44 bits per heavy atom. The molecule has 1 saturated heterocycles. The van der Waals surface area contributed by atoms with Gasteiger partial charge in [0.2, 0.25) is 5.91 Å². The number of benzene rings is 2. The van der Waals surface area contributed by atoms with Gasteiger partial charge < -0.3 is 26.8 Å². The van der Waals surface area contributed by atoms with Crippen molar-refractivity contribution < 1.29 is 26.3 Å². The molecule has 0 bridgehead atoms. The van der Waals surface area contributed by atoms with Gasteiger partial charge in [0.25, 0.3) is 0 Å². The van der Waals surface area contributed by atoms with Gasteiger partial charge in [0.15, 0.2) is 0 Å². The Bertz CT molecular complexity index is 672. The molecule has 3 rings (SSSR count). The fraction of sp³-hybridized carbons (Fsp3) is 0.435. The van der Waals surface area contributed by atoms with Gasteiger partial charge in [-0.3, -0.25) is 4.79 Å². The van der Waals surface area contributed by atoms with Crippen molar-refractivity contribution in [2.24, 2.45) is 0 Å². The van der Waals surface area contributed by atoms with Gasteiger partial charge >= 0.3 is 0 Å². The molecule has 1 heterocycles. The third-order valence-corrected chi connectivity index (χ3v) is 6.04. The van der Waals surface area contributed by atoms with Gasteiger partial charge in [-0.1, -0.05) is 60.7 Å². The van der Waals surface area contributed by atoms with Crippen molar-refractivity contribution in [2.75, 3.05) is 33.7 Å². The van der Waals surface area contributed by atoms with E-state index in [0.717, 1.165) is 35.0 Å². The number of halogens is 1. The molecule has 1 N–H and O–H groups in total. The number of likely N-dealkylation sites (N-methyl/N-ethyl adjacent to an activating group) is 1. The zero-order chi connectivity index (χ0) is 18.5. The normalized spacial score (nSPS) is 15.8. The lowest BCUT2D eigenvalue weighted by molar-refractivity contribution is -0.897. The minimum absolute atomic E-state index is 0. The van der Waals surface area contributed by atoms with Crippen molar-refractivity contribution in [2.45, 2.75) is 31.1 Å². The second kappa shape index (κ2) is 9.52. The van der Waals surface area contributed by atoms with Crippen molar-refractivity contribution in [3.63, 3.8) is 0 Å². The summed E-state index contributed by atoms with van der Waals surface area (Å²) in [5.41, 5.74) is 1.53. The molecule has 4 heteroatoms. The fourth-order valence-corrected chi connectivity index (χ4v) is 4.54. The lowest BCUT2D eigenvalue weighted by Crippen LogP contribution is -3.00. The minimum atomic E-state index is -0.629. The van der Waals surface area contributed by atoms with Crippen LogP contribution in [0, 0.1) is 0 Å². The molecule has 1 aliphatic rings. The summed E-state index contributed by atoms with van der Waals surface area (Å²) in [5, 5.41) is 2.95. The van der Waals surface area contributed by atoms with Crippen LogP contribution in [0.15, 0.2) is 60.7 Å². The van der Waals surface area contributed by atoms with Crippen LogP contribution in [0.2, 0.25) is 0 Å². The van der Waals surface area contributed by atoms with Gasteiger partial charge in [-0.2, -0.15) is 0 Å². The lowest BCUT2D eigenvalue weighted by Gasteiger charge is -2.35. The maximum atomic E-state index is 13.2. The van der Waals surface area contributed by atoms with Crippen molar-refractivity contribution in [3.05, 3.63) is 71.8 Å². The highest BCUT2D eigenvalue weighted by Gasteiger charge is 2.41. The second-order valence-electron chi connectivity index (χ2n) is 7.82. The van der Waals surface area contributed by atoms with Crippen LogP contribution < -0.4 is 22.3 Å². The third kappa shape index (κ3) is 4.61. The Hall–Kier alpha value is -1.65. The smallest absolute Gasteiger partial charge is 0.234 e. The van der Waals surface area contributed by atoms with E-state index in [4.69, 9.17) is 0 Å². The fourth-order valence-electron chi connectivity index (χ4n) is 4.54. The maximum absolute atomic E-state index is 13.2. The van der Waals surface area contributed by atoms with Gasteiger partial charge in [-0.15, -0.1) is 0 Å². The van der Waals surface area contributed by atoms with E-state index in [1.165, 1.54) is 25.9 Å². The van der Waals surface area contributed by atoms with E-state index in [1.807, 2.05) is 36.4 Å². The molecule has 0 saturated carbocycles. The Kier molecular flexibility index (Phi) is 7.63. The highest BCUT2D eigenvalue weighted by molar-refractivity contribution is 5.91. The number of quaternary nitrogens is 1. The van der Waals surface area contributed by atoms with E-state index < -0.39 is 5.41 Å². The average molecular weight is 431 g/mol. The van der Waals surface area contributed by atoms with E-state index in [1.54, 1.807) is 7.05 Å². The topological polar surface area (TPSA) is 29.1 Å². The summed E-state index contributed by atoms with van der Waals surface area (Å²) >= 11 is 0. The maximum Gasteiger partial charge on any atom is 0.234 e. The van der Waals surface area contributed by atoms with Crippen LogP contribution in [-0.2, 0) is 10.2 Å². The van der Waals surface area contributed by atoms with Gasteiger partial charge in [0, 0.05) is 19.9 Å². The second-order valence-corrected chi connectivity index (χ2v) is 7.82. The summed E-state index contributed by atoms with van der Waals surface area (Å²) in [6.07, 6.45) is 4.52. The average Bonchev–Trinajstić information content (AvgIpc) is 3.13. The number of likely N-dealkylation sites (tertiary alicyclic amines) is 1. The summed E-state index contributed by atoms with van der Waals surface area (Å²) in [7, 11) is 4.11. The zero-order valence-electron chi connectivity index (χ0n) is 16.5. The van der Waals surface area contributed by atoms with Crippen LogP contribution >= 0.6 is 0 Å². The molecule has 0 spiro atoms. The molecule has 146 valence electrons. The summed E-state index contributed by atoms with van der Waals surface area (Å²) in [5.74, 6) is 0.0824. The summed E-state index contributed by atoms with van der Waals surface area (Å²) in [6, 6.07) is 20.5. The van der Waals surface area contributed by atoms with E-state index >= 15 is 0 Å². The number of nitrogens with one attached hydrogen (secondary N) is 1. The number of rotatable bonds is 7. The molecule has 0 unspecified atom stereocenters. The minimum Gasteiger partial charge on any atom is -1.00 e. The highest BCUT2D eigenvalue weighted by atomic mass is 79.9. The zero-order valence-corrected chi connectivity index (χ0v) is 18.0. The van der Waals surface area contributed by atoms with Crippen molar-refractivity contribution in [1.29, 1.82) is 0 Å². The first-order valence-corrected chi connectivity index (χ1v) is 9.77. The van der Waals surface area contributed by atoms with Gasteiger partial charge in [0.1, 0.15) is 0 Å². The Morgan fingerprint density at radius 1 is 0.963 bits per heavy atom. The van der Waals surface area contributed by atoms with Crippen molar-refractivity contribution in [3.8, 4) is 0 Å². The standard InChI is InChI=1S/C23H30N2O.BrH/c1-24-22(26)23(20-12-5-3-6-13-20,21-14-7-4-8-15-21)16-11-19-25(2)17-9-10-18-25;/h3-8,12-15H,9-11,16-19H2,1-2H3;1H.